The predicted octanol–water partition coefficient (Wildman–Crippen LogP) is 2.31. The highest BCUT2D eigenvalue weighted by Crippen LogP contribution is 2.25. The number of primary sulfonamides is 1. The first-order valence-corrected chi connectivity index (χ1v) is 10.3. The van der Waals surface area contributed by atoms with Crippen LogP contribution in [0, 0.1) is 0 Å². The van der Waals surface area contributed by atoms with E-state index in [1.807, 2.05) is 37.3 Å². The molecule has 0 unspecified atom stereocenters. The summed E-state index contributed by atoms with van der Waals surface area (Å²) in [6.45, 7) is 3.11. The summed E-state index contributed by atoms with van der Waals surface area (Å²) in [5.41, 5.74) is 1.74. The van der Waals surface area contributed by atoms with Gasteiger partial charge >= 0.3 is 0 Å². The average molecular weight is 385 g/mol. The molecule has 2 aromatic carbocycles. The van der Waals surface area contributed by atoms with Crippen molar-refractivity contribution in [1.29, 1.82) is 0 Å². The Hall–Kier alpha value is -2.32. The lowest BCUT2D eigenvalue weighted by atomic mass is 10.0. The van der Waals surface area contributed by atoms with E-state index in [0.29, 0.717) is 13.1 Å². The van der Waals surface area contributed by atoms with Crippen molar-refractivity contribution in [2.24, 2.45) is 5.14 Å². The Morgan fingerprint density at radius 3 is 2.56 bits per heavy atom. The van der Waals surface area contributed by atoms with Gasteiger partial charge in [-0.15, -0.1) is 0 Å². The molecule has 7 heteroatoms. The van der Waals surface area contributed by atoms with Gasteiger partial charge in [0.05, 0.1) is 16.7 Å². The summed E-state index contributed by atoms with van der Waals surface area (Å²) in [4.78, 5) is 4.56. The average Bonchev–Trinajstić information content (AvgIpc) is 2.66. The molecule has 142 valence electrons. The van der Waals surface area contributed by atoms with Crippen LogP contribution in [0.2, 0.25) is 0 Å². The number of aliphatic hydroxyl groups excluding tert-OH is 1. The molecule has 0 aliphatic heterocycles. The van der Waals surface area contributed by atoms with Crippen molar-refractivity contribution in [2.75, 3.05) is 13.1 Å². The number of nitrogens with zero attached hydrogens (tertiary/aromatic N) is 1. The highest BCUT2D eigenvalue weighted by molar-refractivity contribution is 7.89. The Labute approximate surface area is 159 Å². The third-order valence-corrected chi connectivity index (χ3v) is 5.45. The van der Waals surface area contributed by atoms with Crippen molar-refractivity contribution >= 4 is 20.8 Å². The minimum Gasteiger partial charge on any atom is -0.387 e. The molecule has 1 heterocycles. The predicted molar refractivity (Wildman–Crippen MR) is 106 cm³/mol. The smallest absolute Gasteiger partial charge is 0.238 e. The molecule has 0 bridgehead atoms. The van der Waals surface area contributed by atoms with E-state index in [0.717, 1.165) is 22.0 Å². The minimum absolute atomic E-state index is 0.0806. The van der Waals surface area contributed by atoms with Gasteiger partial charge in [0.2, 0.25) is 10.0 Å². The van der Waals surface area contributed by atoms with E-state index in [1.54, 1.807) is 24.4 Å². The molecule has 0 saturated carbocycles. The molecular formula is C20H23N3O3S. The van der Waals surface area contributed by atoms with Crippen LogP contribution >= 0.6 is 0 Å². The van der Waals surface area contributed by atoms with Gasteiger partial charge in [-0.3, -0.25) is 4.98 Å². The summed E-state index contributed by atoms with van der Waals surface area (Å²) in [5, 5.41) is 20.4. The highest BCUT2D eigenvalue weighted by atomic mass is 32.2. The number of pyridine rings is 1. The molecule has 27 heavy (non-hydrogen) atoms. The topological polar surface area (TPSA) is 105 Å². The number of fused-ring (bicyclic) bond motifs is 1. The summed E-state index contributed by atoms with van der Waals surface area (Å²) in [7, 11) is -3.74. The zero-order valence-electron chi connectivity index (χ0n) is 15.0. The number of nitrogens with one attached hydrogen (secondary N) is 1. The monoisotopic (exact) mass is 385 g/mol. The molecule has 0 fully saturated rings. The molecule has 0 aliphatic carbocycles. The number of rotatable bonds is 7. The maximum absolute atomic E-state index is 11.5. The van der Waals surface area contributed by atoms with Crippen molar-refractivity contribution in [3.05, 3.63) is 72.1 Å². The molecule has 0 spiro atoms. The summed E-state index contributed by atoms with van der Waals surface area (Å²) >= 11 is 0. The third-order valence-electron chi connectivity index (χ3n) is 4.53. The molecule has 0 radical (unpaired) electrons. The van der Waals surface area contributed by atoms with Crippen molar-refractivity contribution in [3.8, 4) is 0 Å². The maximum atomic E-state index is 11.5. The van der Waals surface area contributed by atoms with Crippen molar-refractivity contribution < 1.29 is 13.5 Å². The zero-order valence-corrected chi connectivity index (χ0v) is 15.9. The summed E-state index contributed by atoms with van der Waals surface area (Å²) < 4.78 is 23.1. The number of benzene rings is 2. The van der Waals surface area contributed by atoms with Crippen LogP contribution in [0.25, 0.3) is 10.8 Å². The van der Waals surface area contributed by atoms with Gasteiger partial charge in [0, 0.05) is 30.6 Å². The van der Waals surface area contributed by atoms with Crippen LogP contribution in [-0.4, -0.2) is 31.6 Å². The molecule has 3 rings (SSSR count). The van der Waals surface area contributed by atoms with E-state index in [4.69, 9.17) is 5.14 Å². The molecule has 2 atom stereocenters. The summed E-state index contributed by atoms with van der Waals surface area (Å²) in [5.74, 6) is 0.0806. The van der Waals surface area contributed by atoms with Crippen molar-refractivity contribution in [1.82, 2.24) is 10.3 Å². The van der Waals surface area contributed by atoms with Crippen LogP contribution in [0.5, 0.6) is 0 Å². The number of sulfonamides is 1. The Kier molecular flexibility index (Phi) is 5.86. The largest absolute Gasteiger partial charge is 0.387 e. The Bertz CT molecular complexity index is 1020. The number of aliphatic hydroxyl groups is 1. The molecule has 0 aliphatic rings. The molecular weight excluding hydrogens is 362 g/mol. The van der Waals surface area contributed by atoms with Gasteiger partial charge in [-0.2, -0.15) is 0 Å². The van der Waals surface area contributed by atoms with Crippen LogP contribution in [0.15, 0.2) is 65.7 Å². The fraction of sp³-hybridized carbons (Fsp3) is 0.250. The molecule has 0 amide bonds. The Morgan fingerprint density at radius 1 is 1.11 bits per heavy atom. The van der Waals surface area contributed by atoms with Gasteiger partial charge in [-0.05, 0) is 29.1 Å². The van der Waals surface area contributed by atoms with Gasteiger partial charge in [0.1, 0.15) is 0 Å². The number of hydrogen-bond acceptors (Lipinski definition) is 5. The van der Waals surface area contributed by atoms with Gasteiger partial charge in [-0.1, -0.05) is 43.3 Å². The van der Waals surface area contributed by atoms with Gasteiger partial charge in [0.25, 0.3) is 0 Å². The Morgan fingerprint density at radius 2 is 1.85 bits per heavy atom. The van der Waals surface area contributed by atoms with Crippen LogP contribution < -0.4 is 10.5 Å². The standard InChI is InChI=1S/C20H23N3O3S/c1-14(12-22-13-19(24)15-5-3-2-4-6-15)20-18-8-7-17(27(21,25)26)11-16(18)9-10-23-20/h2-11,14,19,22,24H,12-13H2,1H3,(H2,21,25,26)/t14-,19+/m1/s1. The second kappa shape index (κ2) is 8.14. The van der Waals surface area contributed by atoms with E-state index in [1.165, 1.54) is 6.07 Å². The van der Waals surface area contributed by atoms with E-state index in [9.17, 15) is 13.5 Å². The number of hydrogen-bond donors (Lipinski definition) is 3. The second-order valence-electron chi connectivity index (χ2n) is 6.61. The first-order chi connectivity index (χ1) is 12.9. The van der Waals surface area contributed by atoms with E-state index in [-0.39, 0.29) is 10.8 Å². The van der Waals surface area contributed by atoms with Gasteiger partial charge < -0.3 is 10.4 Å². The van der Waals surface area contributed by atoms with E-state index >= 15 is 0 Å². The Balaban J connectivity index is 1.71. The van der Waals surface area contributed by atoms with Gasteiger partial charge in [-0.25, -0.2) is 13.6 Å². The number of nitrogens with two attached hydrogens (primary N) is 1. The van der Waals surface area contributed by atoms with Crippen LogP contribution in [-0.2, 0) is 10.0 Å². The minimum atomic E-state index is -3.74. The molecule has 3 aromatic rings. The van der Waals surface area contributed by atoms with Gasteiger partial charge in [0.15, 0.2) is 0 Å². The lowest BCUT2D eigenvalue weighted by molar-refractivity contribution is 0.174. The van der Waals surface area contributed by atoms with Crippen LogP contribution in [0.4, 0.5) is 0 Å². The summed E-state index contributed by atoms with van der Waals surface area (Å²) in [6.07, 6.45) is 1.09. The normalized spacial score (nSPS) is 14.2. The number of aromatic nitrogens is 1. The molecule has 0 saturated heterocycles. The van der Waals surface area contributed by atoms with E-state index in [2.05, 4.69) is 10.3 Å². The zero-order chi connectivity index (χ0) is 19.4. The second-order valence-corrected chi connectivity index (χ2v) is 8.17. The first-order valence-electron chi connectivity index (χ1n) is 8.71. The lowest BCUT2D eigenvalue weighted by Gasteiger charge is -2.17. The van der Waals surface area contributed by atoms with Crippen LogP contribution in [0.1, 0.15) is 30.2 Å². The van der Waals surface area contributed by atoms with Crippen LogP contribution in [0.3, 0.4) is 0 Å². The highest BCUT2D eigenvalue weighted by Gasteiger charge is 2.15. The van der Waals surface area contributed by atoms with Crippen molar-refractivity contribution in [3.63, 3.8) is 0 Å². The van der Waals surface area contributed by atoms with Crippen molar-refractivity contribution in [2.45, 2.75) is 23.8 Å². The molecule has 6 nitrogen and oxygen atoms in total. The third kappa shape index (κ3) is 4.70. The molecule has 4 N–H and O–H groups in total. The first kappa shape index (κ1) is 19.4. The maximum Gasteiger partial charge on any atom is 0.238 e. The fourth-order valence-electron chi connectivity index (χ4n) is 3.08. The fourth-order valence-corrected chi connectivity index (χ4v) is 3.62. The summed E-state index contributed by atoms with van der Waals surface area (Å²) in [6, 6.07) is 16.1. The quantitative estimate of drug-likeness (QED) is 0.579. The van der Waals surface area contributed by atoms with E-state index < -0.39 is 16.1 Å². The lowest BCUT2D eigenvalue weighted by Crippen LogP contribution is -2.26. The SMILES string of the molecule is C[C@H](CNC[C@H](O)c1ccccc1)c1nccc2cc(S(N)(=O)=O)ccc12. The molecule has 1 aromatic heterocycles.